The lowest BCUT2D eigenvalue weighted by molar-refractivity contribution is 0.406. The number of nitrogens with zero attached hydrogens (tertiary/aromatic N) is 2. The minimum atomic E-state index is -0.374. The number of ether oxygens (including phenoxy) is 1. The molecule has 25 heavy (non-hydrogen) atoms. The highest BCUT2D eigenvalue weighted by molar-refractivity contribution is 7.10. The van der Waals surface area contributed by atoms with Crippen LogP contribution in [0, 0.1) is 24.1 Å². The molecule has 0 saturated carbocycles. The smallest absolute Gasteiger partial charge is 0.126 e. The van der Waals surface area contributed by atoms with E-state index in [-0.39, 0.29) is 11.7 Å². The van der Waals surface area contributed by atoms with Crippen LogP contribution in [0.25, 0.3) is 5.57 Å². The zero-order valence-electron chi connectivity index (χ0n) is 14.5. The summed E-state index contributed by atoms with van der Waals surface area (Å²) in [5.41, 5.74) is 4.90. The van der Waals surface area contributed by atoms with Crippen molar-refractivity contribution in [2.75, 3.05) is 7.11 Å². The van der Waals surface area contributed by atoms with E-state index in [1.807, 2.05) is 26.2 Å². The van der Waals surface area contributed by atoms with Crippen molar-refractivity contribution in [1.82, 2.24) is 10.3 Å². The summed E-state index contributed by atoms with van der Waals surface area (Å²) < 4.78 is 19.1. The summed E-state index contributed by atoms with van der Waals surface area (Å²) in [6.07, 6.45) is 0. The molecule has 1 atom stereocenters. The van der Waals surface area contributed by atoms with Crippen molar-refractivity contribution in [2.24, 2.45) is 0 Å². The molecule has 3 rings (SSSR count). The number of nitrogens with one attached hydrogen (secondary N) is 1. The first-order valence-corrected chi connectivity index (χ1v) is 8.68. The summed E-state index contributed by atoms with van der Waals surface area (Å²) in [7, 11) is 1.51. The Morgan fingerprint density at radius 1 is 1.28 bits per heavy atom. The zero-order valence-corrected chi connectivity index (χ0v) is 15.3. The van der Waals surface area contributed by atoms with E-state index >= 15 is 0 Å². The summed E-state index contributed by atoms with van der Waals surface area (Å²) in [5.74, 6) is -0.306. The van der Waals surface area contributed by atoms with Crippen LogP contribution >= 0.6 is 11.3 Å². The maximum Gasteiger partial charge on any atom is 0.126 e. The highest BCUT2D eigenvalue weighted by atomic mass is 32.1. The first kappa shape index (κ1) is 17.2. The van der Waals surface area contributed by atoms with Gasteiger partial charge >= 0.3 is 0 Å². The SMILES string of the molecule is COc1cc(F)ccc1C1C(C#N)=C(C)NC(C)=C1c1nc(C)cs1. The normalized spacial score (nSPS) is 17.4. The van der Waals surface area contributed by atoms with Gasteiger partial charge in [0.15, 0.2) is 0 Å². The third kappa shape index (κ3) is 3.03. The van der Waals surface area contributed by atoms with Crippen LogP contribution in [0.3, 0.4) is 0 Å². The number of dihydropyridines is 1. The first-order chi connectivity index (χ1) is 12.0. The molecule has 4 nitrogen and oxygen atoms in total. The van der Waals surface area contributed by atoms with Crippen molar-refractivity contribution in [1.29, 1.82) is 5.26 Å². The summed E-state index contributed by atoms with van der Waals surface area (Å²) in [6, 6.07) is 6.73. The third-order valence-electron chi connectivity index (χ3n) is 4.24. The average Bonchev–Trinajstić information content (AvgIpc) is 3.00. The van der Waals surface area contributed by atoms with Crippen LogP contribution in [0.2, 0.25) is 0 Å². The van der Waals surface area contributed by atoms with Crippen LogP contribution in [0.4, 0.5) is 4.39 Å². The van der Waals surface area contributed by atoms with E-state index in [0.29, 0.717) is 11.3 Å². The molecule has 0 radical (unpaired) electrons. The number of aromatic nitrogens is 1. The van der Waals surface area contributed by atoms with Gasteiger partial charge < -0.3 is 10.1 Å². The summed E-state index contributed by atoms with van der Waals surface area (Å²) >= 11 is 1.53. The van der Waals surface area contributed by atoms with Crippen molar-refractivity contribution in [3.8, 4) is 11.8 Å². The lowest BCUT2D eigenvalue weighted by atomic mass is 9.81. The number of rotatable bonds is 3. The molecule has 1 N–H and O–H groups in total. The second kappa shape index (κ2) is 6.69. The van der Waals surface area contributed by atoms with Crippen LogP contribution < -0.4 is 10.1 Å². The van der Waals surface area contributed by atoms with Crippen molar-refractivity contribution in [3.63, 3.8) is 0 Å². The average molecular weight is 355 g/mol. The van der Waals surface area contributed by atoms with Gasteiger partial charge in [0.05, 0.1) is 24.7 Å². The second-order valence-corrected chi connectivity index (χ2v) is 6.79. The molecule has 1 unspecified atom stereocenters. The summed E-state index contributed by atoms with van der Waals surface area (Å²) in [6.45, 7) is 5.77. The number of nitriles is 1. The number of hydrogen-bond donors (Lipinski definition) is 1. The summed E-state index contributed by atoms with van der Waals surface area (Å²) in [5, 5.41) is 15.9. The van der Waals surface area contributed by atoms with Gasteiger partial charge in [-0.25, -0.2) is 9.37 Å². The second-order valence-electron chi connectivity index (χ2n) is 5.93. The third-order valence-corrected chi connectivity index (χ3v) is 5.23. The van der Waals surface area contributed by atoms with E-state index in [0.717, 1.165) is 33.2 Å². The molecule has 6 heteroatoms. The predicted molar refractivity (Wildman–Crippen MR) is 96.6 cm³/mol. The molecular weight excluding hydrogens is 337 g/mol. The molecule has 2 heterocycles. The fourth-order valence-electron chi connectivity index (χ4n) is 3.14. The van der Waals surface area contributed by atoms with Gasteiger partial charge in [-0.15, -0.1) is 11.3 Å². The molecule has 2 aromatic rings. The monoisotopic (exact) mass is 355 g/mol. The molecule has 0 bridgehead atoms. The lowest BCUT2D eigenvalue weighted by Gasteiger charge is -2.29. The van der Waals surface area contributed by atoms with E-state index < -0.39 is 0 Å². The Hall–Kier alpha value is -2.65. The van der Waals surface area contributed by atoms with Crippen molar-refractivity contribution < 1.29 is 9.13 Å². The van der Waals surface area contributed by atoms with E-state index in [4.69, 9.17) is 4.74 Å². The standard InChI is InChI=1S/C19H18FN3OS/c1-10-9-25-19(22-10)17-12(3)23-11(2)15(8-21)18(17)14-6-5-13(20)7-16(14)24-4/h5-7,9,18,23H,1-4H3. The van der Waals surface area contributed by atoms with Crippen LogP contribution in [-0.4, -0.2) is 12.1 Å². The van der Waals surface area contributed by atoms with Crippen LogP contribution in [0.15, 0.2) is 40.5 Å². The molecule has 0 aliphatic carbocycles. The molecule has 1 aliphatic rings. The molecule has 128 valence electrons. The summed E-state index contributed by atoms with van der Waals surface area (Å²) in [4.78, 5) is 4.60. The quantitative estimate of drug-likeness (QED) is 0.880. The molecular formula is C19H18FN3OS. The number of thiazole rings is 1. The Bertz CT molecular complexity index is 936. The predicted octanol–water partition coefficient (Wildman–Crippen LogP) is 4.51. The Kier molecular flexibility index (Phi) is 4.60. The van der Waals surface area contributed by atoms with Gasteiger partial charge in [-0.05, 0) is 26.8 Å². The van der Waals surface area contributed by atoms with Crippen LogP contribution in [-0.2, 0) is 0 Å². The molecule has 0 spiro atoms. The van der Waals surface area contributed by atoms with Gasteiger partial charge in [0.2, 0.25) is 0 Å². The molecule has 0 saturated heterocycles. The Morgan fingerprint density at radius 2 is 2.04 bits per heavy atom. The van der Waals surface area contributed by atoms with Gasteiger partial charge in [0.1, 0.15) is 16.6 Å². The molecule has 1 aromatic heterocycles. The first-order valence-electron chi connectivity index (χ1n) is 7.80. The highest BCUT2D eigenvalue weighted by Crippen LogP contribution is 2.46. The fourth-order valence-corrected chi connectivity index (χ4v) is 4.07. The van der Waals surface area contributed by atoms with E-state index in [9.17, 15) is 9.65 Å². The Labute approximate surface area is 150 Å². The Balaban J connectivity index is 2.27. The molecule has 0 amide bonds. The van der Waals surface area contributed by atoms with Gasteiger partial charge in [-0.1, -0.05) is 6.07 Å². The lowest BCUT2D eigenvalue weighted by Crippen LogP contribution is -2.23. The number of halogens is 1. The zero-order chi connectivity index (χ0) is 18.1. The Morgan fingerprint density at radius 3 is 2.64 bits per heavy atom. The number of allylic oxidation sites excluding steroid dienone is 4. The molecule has 1 aromatic carbocycles. The molecule has 1 aliphatic heterocycles. The number of benzene rings is 1. The van der Waals surface area contributed by atoms with Gasteiger partial charge in [-0.3, -0.25) is 0 Å². The van der Waals surface area contributed by atoms with Gasteiger partial charge in [-0.2, -0.15) is 5.26 Å². The number of hydrogen-bond acceptors (Lipinski definition) is 5. The van der Waals surface area contributed by atoms with E-state index in [1.165, 1.54) is 30.6 Å². The minimum Gasteiger partial charge on any atom is -0.496 e. The maximum absolute atomic E-state index is 13.7. The maximum atomic E-state index is 13.7. The van der Waals surface area contributed by atoms with Gasteiger partial charge in [0, 0.05) is 39.7 Å². The highest BCUT2D eigenvalue weighted by Gasteiger charge is 2.33. The van der Waals surface area contributed by atoms with Gasteiger partial charge in [0.25, 0.3) is 0 Å². The number of aryl methyl sites for hydroxylation is 1. The van der Waals surface area contributed by atoms with Crippen LogP contribution in [0.1, 0.15) is 36.0 Å². The minimum absolute atomic E-state index is 0.354. The molecule has 0 fully saturated rings. The van der Waals surface area contributed by atoms with Crippen molar-refractivity contribution >= 4 is 16.9 Å². The van der Waals surface area contributed by atoms with Crippen molar-refractivity contribution in [3.05, 3.63) is 62.6 Å². The topological polar surface area (TPSA) is 57.9 Å². The van der Waals surface area contributed by atoms with E-state index in [2.05, 4.69) is 16.4 Å². The van der Waals surface area contributed by atoms with E-state index in [1.54, 1.807) is 6.07 Å². The number of methoxy groups -OCH3 is 1. The fraction of sp³-hybridized carbons (Fsp3) is 0.263. The largest absolute Gasteiger partial charge is 0.496 e. The van der Waals surface area contributed by atoms with Crippen LogP contribution in [0.5, 0.6) is 5.75 Å². The van der Waals surface area contributed by atoms with Crippen molar-refractivity contribution in [2.45, 2.75) is 26.7 Å².